The molecule has 0 radical (unpaired) electrons. The summed E-state index contributed by atoms with van der Waals surface area (Å²) in [5.74, 6) is -0.253. The Hall–Kier alpha value is -6.57. The van der Waals surface area contributed by atoms with Crippen LogP contribution in [-0.2, 0) is 70.7 Å². The number of aliphatic hydroxyl groups is 5. The molecule has 0 saturated carbocycles. The predicted molar refractivity (Wildman–Crippen MR) is 278 cm³/mol. The third-order valence-electron chi connectivity index (χ3n) is 13.5. The Balaban J connectivity index is 0.787. The van der Waals surface area contributed by atoms with Gasteiger partial charge >= 0.3 is 31.7 Å². The summed E-state index contributed by atoms with van der Waals surface area (Å²) in [6.07, 6.45) is -15.5. The maximum Gasteiger partial charge on any atom is 0.698 e. The first kappa shape index (κ1) is 61.1. The molecule has 8 aromatic rings. The highest BCUT2D eigenvalue weighted by molar-refractivity contribution is 7.47. The number of anilines is 4. The van der Waals surface area contributed by atoms with Gasteiger partial charge in [-0.05, 0) is 0 Å². The molecule has 0 aromatic carbocycles. The Morgan fingerprint density at radius 1 is 0.535 bits per heavy atom. The molecule has 3 aliphatic heterocycles. The Kier molecular flexibility index (Phi) is 17.2. The molecular weight excluding hydrogens is 1240 g/mol. The Labute approximate surface area is 478 Å². The molecule has 0 spiro atoms. The molecular formula is C39H49N20O23P4+. The molecule has 17 N–H and O–H groups in total. The smallest absolute Gasteiger partial charge is 0.388 e. The van der Waals surface area contributed by atoms with Crippen molar-refractivity contribution in [2.45, 2.75) is 92.4 Å². The number of nitrogen functional groups attached to an aromatic ring is 4. The summed E-state index contributed by atoms with van der Waals surface area (Å²) < 4.78 is 112. The molecule has 47 heteroatoms. The van der Waals surface area contributed by atoms with Crippen LogP contribution in [0.3, 0.4) is 0 Å². The van der Waals surface area contributed by atoms with E-state index < -0.39 is 151 Å². The largest absolute Gasteiger partial charge is 0.698 e. The van der Waals surface area contributed by atoms with Crippen molar-refractivity contribution < 1.29 is 109 Å². The lowest BCUT2D eigenvalue weighted by Gasteiger charge is -2.25. The molecule has 3 unspecified atom stereocenters. The van der Waals surface area contributed by atoms with E-state index in [1.807, 2.05) is 0 Å². The van der Waals surface area contributed by atoms with Gasteiger partial charge in [-0.2, -0.15) is 0 Å². The number of nitrogens with zero attached hydrogens (tertiary/aromatic N) is 16. The van der Waals surface area contributed by atoms with Crippen molar-refractivity contribution >= 4 is 99.6 Å². The van der Waals surface area contributed by atoms with Gasteiger partial charge in [0.1, 0.15) is 115 Å². The minimum atomic E-state index is -5.54. The van der Waals surface area contributed by atoms with Gasteiger partial charge in [0.25, 0.3) is 0 Å². The highest BCUT2D eigenvalue weighted by Crippen LogP contribution is 2.52. The average Bonchev–Trinajstić information content (AvgIpc) is 1.80. The molecule has 11 rings (SSSR count). The maximum absolute atomic E-state index is 14.0. The summed E-state index contributed by atoms with van der Waals surface area (Å²) >= 11 is 0. The number of imidazole rings is 4. The lowest BCUT2D eigenvalue weighted by molar-refractivity contribution is -0.0636. The quantitative estimate of drug-likeness (QED) is 0.0259. The van der Waals surface area contributed by atoms with Crippen LogP contribution in [0.15, 0.2) is 50.6 Å². The zero-order chi connectivity index (χ0) is 61.1. The zero-order valence-electron chi connectivity index (χ0n) is 43.2. The zero-order valence-corrected chi connectivity index (χ0v) is 46.8. The number of phosphoric acid groups is 3. The highest BCUT2D eigenvalue weighted by Gasteiger charge is 2.54. The standard InChI is InChI=1S/C39H48N20O23P4/c40-29-19-33(48-6-44-29)56(10-52-19)1-15(14(60)2-73-83(65)80-27-24(62)17(3-74-84(66,67)68)78-38(27)58-12-54-21-31(42)46-8-50-35(21)58)81-85(69,70)75-5-18-25(63)28(39(79-18)59-13-55-22-32(43)47-9-51-36(22)59)82-86(71,72)76-4-16-23(61)26(64)37(77-16)57-11-53-20-30(41)45-7-49-34(20)57/h6-18,23-28,37-39,60-64H,1-5H2,(H11-,40,41,42,43,44,45,46,47,48,49,50,51,66,67,68,69,70,71,72)/p+1/t14-,15+,16-,17-,18-,23-,24-,25-,26-,27-,28-,37-,38-,39-/m1/s1. The van der Waals surface area contributed by atoms with Crippen molar-refractivity contribution in [2.24, 2.45) is 0 Å². The predicted octanol–water partition coefficient (Wildman–Crippen LogP) is -3.66. The highest BCUT2D eigenvalue weighted by atomic mass is 31.2. The van der Waals surface area contributed by atoms with Crippen LogP contribution in [0.2, 0.25) is 0 Å². The van der Waals surface area contributed by atoms with Gasteiger partial charge in [-0.3, -0.25) is 36.3 Å². The average molecular weight is 1290 g/mol. The van der Waals surface area contributed by atoms with E-state index in [1.54, 1.807) is 0 Å². The number of aromatic nitrogens is 16. The van der Waals surface area contributed by atoms with E-state index in [2.05, 4.69) is 64.3 Å². The number of fused-ring (bicyclic) bond motifs is 4. The first-order valence-corrected chi connectivity index (χ1v) is 30.3. The van der Waals surface area contributed by atoms with Crippen LogP contribution in [0.5, 0.6) is 0 Å². The molecule has 462 valence electrons. The van der Waals surface area contributed by atoms with E-state index >= 15 is 0 Å². The Morgan fingerprint density at radius 3 is 1.48 bits per heavy atom. The van der Waals surface area contributed by atoms with Gasteiger partial charge in [0.2, 0.25) is 0 Å². The number of hydrogen-bond donors (Lipinski definition) is 13. The van der Waals surface area contributed by atoms with Crippen LogP contribution in [0.4, 0.5) is 23.3 Å². The van der Waals surface area contributed by atoms with Crippen LogP contribution in [0, 0.1) is 0 Å². The van der Waals surface area contributed by atoms with Gasteiger partial charge in [-0.25, -0.2) is 73.5 Å². The van der Waals surface area contributed by atoms with E-state index in [0.29, 0.717) is 0 Å². The molecule has 43 nitrogen and oxygen atoms in total. The van der Waals surface area contributed by atoms with Gasteiger partial charge in [-0.15, -0.1) is 9.05 Å². The number of aliphatic hydroxyl groups excluding tert-OH is 5. The van der Waals surface area contributed by atoms with E-state index in [0.717, 1.165) is 48.9 Å². The second-order valence-electron chi connectivity index (χ2n) is 18.9. The molecule has 0 amide bonds. The first-order chi connectivity index (χ1) is 40.8. The summed E-state index contributed by atoms with van der Waals surface area (Å²) in [7, 11) is -19.5. The van der Waals surface area contributed by atoms with Gasteiger partial charge in [-0.1, -0.05) is 0 Å². The van der Waals surface area contributed by atoms with Crippen LogP contribution in [0.1, 0.15) is 18.7 Å². The van der Waals surface area contributed by atoms with Crippen LogP contribution >= 0.6 is 31.7 Å². The molecule has 86 heavy (non-hydrogen) atoms. The number of ether oxygens (including phenoxy) is 3. The van der Waals surface area contributed by atoms with Crippen molar-refractivity contribution in [3.05, 3.63) is 50.6 Å². The van der Waals surface area contributed by atoms with Gasteiger partial charge in [0, 0.05) is 4.57 Å². The monoisotopic (exact) mass is 1290 g/mol. The second kappa shape index (κ2) is 24.2. The minimum Gasteiger partial charge on any atom is -0.388 e. The fourth-order valence-electron chi connectivity index (χ4n) is 9.37. The van der Waals surface area contributed by atoms with Crippen molar-refractivity contribution in [2.75, 3.05) is 49.4 Å². The third kappa shape index (κ3) is 12.5. The molecule has 3 aliphatic rings. The topological polar surface area (TPSA) is 621 Å². The molecule has 0 aliphatic carbocycles. The molecule has 0 bridgehead atoms. The summed E-state index contributed by atoms with van der Waals surface area (Å²) in [6, 6.07) is 0. The Morgan fingerprint density at radius 2 is 0.953 bits per heavy atom. The normalized spacial score (nSPS) is 27.8. The lowest BCUT2D eigenvalue weighted by atomic mass is 10.1. The Bertz CT molecular complexity index is 3950. The molecule has 8 aromatic heterocycles. The summed E-state index contributed by atoms with van der Waals surface area (Å²) in [4.78, 5) is 89.6. The fourth-order valence-corrected chi connectivity index (χ4v) is 12.4. The van der Waals surface area contributed by atoms with Crippen molar-refractivity contribution in [1.29, 1.82) is 0 Å². The lowest BCUT2D eigenvalue weighted by Crippen LogP contribution is -2.37. The number of rotatable bonds is 24. The van der Waals surface area contributed by atoms with Crippen LogP contribution in [0.25, 0.3) is 44.7 Å². The minimum absolute atomic E-state index is 0.00405. The van der Waals surface area contributed by atoms with E-state index in [4.69, 9.17) is 64.3 Å². The van der Waals surface area contributed by atoms with E-state index in [1.165, 1.54) is 20.0 Å². The maximum atomic E-state index is 14.0. The van der Waals surface area contributed by atoms with Crippen LogP contribution < -0.4 is 22.9 Å². The number of nitrogens with two attached hydrogens (primary N) is 4. The van der Waals surface area contributed by atoms with Gasteiger partial charge < -0.3 is 86.8 Å². The molecule has 17 atom stereocenters. The summed E-state index contributed by atoms with van der Waals surface area (Å²) in [6.45, 7) is -4.60. The fraction of sp³-hybridized carbons (Fsp3) is 0.487. The third-order valence-corrected chi connectivity index (χ3v) is 16.7. The van der Waals surface area contributed by atoms with Crippen molar-refractivity contribution in [3.63, 3.8) is 0 Å². The number of hydrogen-bond acceptors (Lipinski definition) is 35. The summed E-state index contributed by atoms with van der Waals surface area (Å²) in [5, 5.41) is 56.5. The van der Waals surface area contributed by atoms with Crippen molar-refractivity contribution in [1.82, 2.24) is 78.1 Å². The van der Waals surface area contributed by atoms with Crippen molar-refractivity contribution in [3.8, 4) is 0 Å². The second-order valence-corrected chi connectivity index (χ2v) is 23.9. The van der Waals surface area contributed by atoms with Gasteiger partial charge in [0.15, 0.2) is 70.6 Å². The SMILES string of the molecule is Nc1ncnc2c1ncn2C[C@H](OP(=O)(O)OC[C@H]1O[C@@H](n2cnc3c(N)ncnc32)[C@H](OP(=O)(O)OC[C@H]2O[C@@H](n3cnc4c(N)ncnc43)[C@H](O)[C@@H]2O)[C@@H]1O)[C@H](O)CO[P+](=O)O[C@@H]1[C@H](O)[C@@H](COP(=O)(O)O)O[C@H]1n1cnc2c(N)ncnc21. The molecule has 3 fully saturated rings. The first-order valence-electron chi connectivity index (χ1n) is 24.7. The van der Waals surface area contributed by atoms with E-state index in [9.17, 15) is 63.4 Å². The molecule has 11 heterocycles. The van der Waals surface area contributed by atoms with E-state index in [-0.39, 0.29) is 67.9 Å². The van der Waals surface area contributed by atoms with Crippen LogP contribution in [-0.4, -0.2) is 217 Å². The van der Waals surface area contributed by atoms with Gasteiger partial charge in [0.05, 0.1) is 51.7 Å². The molecule has 3 saturated heterocycles. The summed E-state index contributed by atoms with van der Waals surface area (Å²) in [5.41, 5.74) is 24.2. The number of phosphoric ester groups is 3.